The molecule has 0 N–H and O–H groups in total. The Morgan fingerprint density at radius 1 is 0.676 bits per heavy atom. The maximum absolute atomic E-state index is 13.0. The van der Waals surface area contributed by atoms with Crippen LogP contribution in [0, 0.1) is 0 Å². The number of rotatable bonds is 6. The van der Waals surface area contributed by atoms with E-state index in [0.717, 1.165) is 81.0 Å². The van der Waals surface area contributed by atoms with E-state index in [1.807, 2.05) is 35.2 Å². The highest BCUT2D eigenvalue weighted by Crippen LogP contribution is 2.28. The second-order valence-electron chi connectivity index (χ2n) is 10.3. The predicted octanol–water partition coefficient (Wildman–Crippen LogP) is 3.95. The molecule has 0 saturated carbocycles. The molecule has 1 aromatic heterocycles. The molecule has 8 heteroatoms. The van der Waals surface area contributed by atoms with Crippen molar-refractivity contribution in [2.24, 2.45) is 0 Å². The first-order valence-electron chi connectivity index (χ1n) is 13.8. The van der Waals surface area contributed by atoms with Crippen molar-refractivity contribution in [3.63, 3.8) is 0 Å². The number of hydrogen-bond donors (Lipinski definition) is 0. The lowest BCUT2D eigenvalue weighted by atomic mass is 10.1. The Morgan fingerprint density at radius 2 is 1.32 bits per heavy atom. The summed E-state index contributed by atoms with van der Waals surface area (Å²) in [7, 11) is 0. The first kappa shape index (κ1) is 23.8. The van der Waals surface area contributed by atoms with E-state index >= 15 is 0 Å². The molecule has 3 saturated heterocycles. The standard InChI is InChI=1S/C29H36N6O2/c36-28(22-37-25-11-10-23-8-1-2-9-24(23)20-25)34-17-7-16-33(18-19-34)27-21-26(32-12-3-4-13-32)30-29(31-27)35-14-5-6-15-35/h1-2,8-11,20-21H,3-7,12-19,22H2. The van der Waals surface area contributed by atoms with Crippen LogP contribution in [0.2, 0.25) is 0 Å². The van der Waals surface area contributed by atoms with Crippen LogP contribution in [0.5, 0.6) is 5.75 Å². The van der Waals surface area contributed by atoms with Crippen LogP contribution in [0.15, 0.2) is 48.5 Å². The maximum atomic E-state index is 13.0. The van der Waals surface area contributed by atoms with Crippen LogP contribution in [0.3, 0.4) is 0 Å². The first-order chi connectivity index (χ1) is 18.2. The highest BCUT2D eigenvalue weighted by molar-refractivity contribution is 5.84. The van der Waals surface area contributed by atoms with E-state index in [2.05, 4.69) is 32.9 Å². The average Bonchev–Trinajstić information content (AvgIpc) is 3.63. The van der Waals surface area contributed by atoms with Crippen LogP contribution in [-0.4, -0.2) is 79.7 Å². The van der Waals surface area contributed by atoms with E-state index in [1.54, 1.807) is 0 Å². The minimum Gasteiger partial charge on any atom is -0.484 e. The summed E-state index contributed by atoms with van der Waals surface area (Å²) in [4.78, 5) is 32.0. The molecule has 6 rings (SSSR count). The summed E-state index contributed by atoms with van der Waals surface area (Å²) in [6.45, 7) is 7.30. The van der Waals surface area contributed by atoms with E-state index in [1.165, 1.54) is 31.1 Å². The summed E-state index contributed by atoms with van der Waals surface area (Å²) in [5.74, 6) is 3.66. The lowest BCUT2D eigenvalue weighted by Crippen LogP contribution is -2.38. The normalized spacial score (nSPS) is 18.5. The summed E-state index contributed by atoms with van der Waals surface area (Å²) in [6.07, 6.45) is 5.76. The van der Waals surface area contributed by atoms with Crippen molar-refractivity contribution in [3.05, 3.63) is 48.5 Å². The second kappa shape index (κ2) is 10.8. The predicted molar refractivity (Wildman–Crippen MR) is 148 cm³/mol. The van der Waals surface area contributed by atoms with E-state index < -0.39 is 0 Å². The smallest absolute Gasteiger partial charge is 0.260 e. The third-order valence-electron chi connectivity index (χ3n) is 7.76. The van der Waals surface area contributed by atoms with E-state index in [-0.39, 0.29) is 12.5 Å². The van der Waals surface area contributed by atoms with Gasteiger partial charge in [0.2, 0.25) is 5.95 Å². The van der Waals surface area contributed by atoms with Gasteiger partial charge in [0.1, 0.15) is 17.4 Å². The maximum Gasteiger partial charge on any atom is 0.260 e. The van der Waals surface area contributed by atoms with Crippen molar-refractivity contribution in [1.82, 2.24) is 14.9 Å². The topological polar surface area (TPSA) is 65.0 Å². The molecule has 37 heavy (non-hydrogen) atoms. The van der Waals surface area contributed by atoms with Crippen molar-refractivity contribution in [2.45, 2.75) is 32.1 Å². The van der Waals surface area contributed by atoms with Crippen molar-refractivity contribution in [3.8, 4) is 5.75 Å². The molecule has 3 fully saturated rings. The largest absolute Gasteiger partial charge is 0.484 e. The molecular formula is C29H36N6O2. The zero-order valence-corrected chi connectivity index (χ0v) is 21.5. The van der Waals surface area contributed by atoms with Crippen LogP contribution in [0.1, 0.15) is 32.1 Å². The van der Waals surface area contributed by atoms with Gasteiger partial charge < -0.3 is 24.3 Å². The molecule has 3 aromatic rings. The number of carbonyl (C=O) groups excluding carboxylic acids is 1. The Hall–Kier alpha value is -3.55. The molecule has 3 aliphatic heterocycles. The van der Waals surface area contributed by atoms with Crippen LogP contribution in [-0.2, 0) is 4.79 Å². The number of anilines is 3. The fraction of sp³-hybridized carbons (Fsp3) is 0.483. The van der Waals surface area contributed by atoms with Crippen molar-refractivity contribution in [1.29, 1.82) is 0 Å². The third kappa shape index (κ3) is 5.43. The zero-order valence-electron chi connectivity index (χ0n) is 21.5. The lowest BCUT2D eigenvalue weighted by molar-refractivity contribution is -0.133. The van der Waals surface area contributed by atoms with Gasteiger partial charge in [0.15, 0.2) is 6.61 Å². The Labute approximate surface area is 218 Å². The number of ether oxygens (including phenoxy) is 1. The van der Waals surface area contributed by atoms with Gasteiger partial charge in [0, 0.05) is 58.4 Å². The second-order valence-corrected chi connectivity index (χ2v) is 10.3. The summed E-state index contributed by atoms with van der Waals surface area (Å²) in [5, 5.41) is 2.28. The van der Waals surface area contributed by atoms with Gasteiger partial charge in [-0.1, -0.05) is 30.3 Å². The Morgan fingerprint density at radius 3 is 2.08 bits per heavy atom. The third-order valence-corrected chi connectivity index (χ3v) is 7.76. The van der Waals surface area contributed by atoms with Gasteiger partial charge in [-0.15, -0.1) is 0 Å². The number of nitrogens with zero attached hydrogens (tertiary/aromatic N) is 6. The van der Waals surface area contributed by atoms with Gasteiger partial charge in [-0.3, -0.25) is 4.79 Å². The number of benzene rings is 2. The Bertz CT molecular complexity index is 1200. The van der Waals surface area contributed by atoms with Crippen molar-refractivity contribution >= 4 is 34.3 Å². The summed E-state index contributed by atoms with van der Waals surface area (Å²) >= 11 is 0. The Kier molecular flexibility index (Phi) is 6.97. The Balaban J connectivity index is 1.11. The molecule has 0 atom stereocenters. The van der Waals surface area contributed by atoms with Gasteiger partial charge in [-0.25, -0.2) is 0 Å². The fourth-order valence-corrected chi connectivity index (χ4v) is 5.63. The zero-order chi connectivity index (χ0) is 25.0. The molecule has 4 heterocycles. The van der Waals surface area contributed by atoms with E-state index in [9.17, 15) is 4.79 Å². The summed E-state index contributed by atoms with van der Waals surface area (Å²) in [6, 6.07) is 16.3. The van der Waals surface area contributed by atoms with Gasteiger partial charge in [-0.05, 0) is 55.0 Å². The molecule has 194 valence electrons. The fourth-order valence-electron chi connectivity index (χ4n) is 5.63. The highest BCUT2D eigenvalue weighted by atomic mass is 16.5. The quantitative estimate of drug-likeness (QED) is 0.508. The monoisotopic (exact) mass is 500 g/mol. The molecule has 0 aliphatic carbocycles. The number of carbonyl (C=O) groups is 1. The molecular weight excluding hydrogens is 464 g/mol. The van der Waals surface area contributed by atoms with Crippen LogP contribution in [0.4, 0.5) is 17.6 Å². The van der Waals surface area contributed by atoms with Gasteiger partial charge in [-0.2, -0.15) is 9.97 Å². The highest BCUT2D eigenvalue weighted by Gasteiger charge is 2.25. The molecule has 2 aromatic carbocycles. The van der Waals surface area contributed by atoms with Crippen LogP contribution in [0.25, 0.3) is 10.8 Å². The molecule has 0 bridgehead atoms. The van der Waals surface area contributed by atoms with E-state index in [4.69, 9.17) is 14.7 Å². The van der Waals surface area contributed by atoms with E-state index in [0.29, 0.717) is 6.54 Å². The minimum atomic E-state index is 0.0354. The molecule has 1 amide bonds. The molecule has 8 nitrogen and oxygen atoms in total. The summed E-state index contributed by atoms with van der Waals surface area (Å²) in [5.41, 5.74) is 0. The SMILES string of the molecule is O=C(COc1ccc2ccccc2c1)N1CCCN(c2cc(N3CCCC3)nc(N3CCCC3)n2)CC1. The van der Waals surface area contributed by atoms with Crippen molar-refractivity contribution in [2.75, 3.05) is 73.7 Å². The minimum absolute atomic E-state index is 0.0354. The lowest BCUT2D eigenvalue weighted by Gasteiger charge is -2.27. The molecule has 0 unspecified atom stereocenters. The number of aromatic nitrogens is 2. The molecule has 0 radical (unpaired) electrons. The van der Waals surface area contributed by atoms with Crippen LogP contribution >= 0.6 is 0 Å². The van der Waals surface area contributed by atoms with Crippen molar-refractivity contribution < 1.29 is 9.53 Å². The van der Waals surface area contributed by atoms with Gasteiger partial charge >= 0.3 is 0 Å². The number of hydrogen-bond acceptors (Lipinski definition) is 7. The molecule has 3 aliphatic rings. The number of amides is 1. The summed E-state index contributed by atoms with van der Waals surface area (Å²) < 4.78 is 5.89. The van der Waals surface area contributed by atoms with Gasteiger partial charge in [0.05, 0.1) is 0 Å². The number of fused-ring (bicyclic) bond motifs is 1. The average molecular weight is 501 g/mol. The van der Waals surface area contributed by atoms with Crippen LogP contribution < -0.4 is 19.4 Å². The molecule has 0 spiro atoms. The van der Waals surface area contributed by atoms with Gasteiger partial charge in [0.25, 0.3) is 5.91 Å². The first-order valence-corrected chi connectivity index (χ1v) is 13.8.